The molecule has 0 radical (unpaired) electrons. The Morgan fingerprint density at radius 2 is 1.84 bits per heavy atom. The van der Waals surface area contributed by atoms with Gasteiger partial charge >= 0.3 is 0 Å². The Labute approximate surface area is 121 Å². The van der Waals surface area contributed by atoms with Crippen molar-refractivity contribution in [3.05, 3.63) is 30.5 Å². The van der Waals surface area contributed by atoms with Crippen LogP contribution in [-0.2, 0) is 0 Å². The first-order chi connectivity index (χ1) is 9.31. The molecule has 2 aliphatic rings. The standard InChI is InChI=1S/C15H16BrN3/c16-11-7-12-5-6-13(8-11)19(12)15-17-9-10-3-1-2-4-14(10)18-15/h1-4,9,11-13H,5-8H2. The van der Waals surface area contributed by atoms with Crippen molar-refractivity contribution in [3.63, 3.8) is 0 Å². The highest BCUT2D eigenvalue weighted by Crippen LogP contribution is 2.40. The van der Waals surface area contributed by atoms with Crippen molar-refractivity contribution in [3.8, 4) is 0 Å². The zero-order valence-electron chi connectivity index (χ0n) is 10.7. The second-order valence-electron chi connectivity index (χ2n) is 5.59. The van der Waals surface area contributed by atoms with Crippen molar-refractivity contribution in [2.24, 2.45) is 0 Å². The predicted octanol–water partition coefficient (Wildman–Crippen LogP) is 3.52. The Balaban J connectivity index is 1.74. The van der Waals surface area contributed by atoms with Crippen LogP contribution < -0.4 is 4.90 Å². The molecule has 0 amide bonds. The van der Waals surface area contributed by atoms with Gasteiger partial charge in [0, 0.05) is 28.5 Å². The molecule has 2 unspecified atom stereocenters. The molecule has 19 heavy (non-hydrogen) atoms. The summed E-state index contributed by atoms with van der Waals surface area (Å²) in [5.41, 5.74) is 1.05. The van der Waals surface area contributed by atoms with E-state index in [9.17, 15) is 0 Å². The predicted molar refractivity (Wildman–Crippen MR) is 80.8 cm³/mol. The minimum atomic E-state index is 0.615. The molecule has 2 saturated heterocycles. The molecule has 1 aromatic heterocycles. The molecule has 4 rings (SSSR count). The van der Waals surface area contributed by atoms with E-state index >= 15 is 0 Å². The lowest BCUT2D eigenvalue weighted by atomic mass is 10.0. The number of alkyl halides is 1. The van der Waals surface area contributed by atoms with Gasteiger partial charge in [0.1, 0.15) is 0 Å². The molecular weight excluding hydrogens is 302 g/mol. The van der Waals surface area contributed by atoms with Crippen molar-refractivity contribution in [2.45, 2.75) is 42.6 Å². The summed E-state index contributed by atoms with van der Waals surface area (Å²) in [5, 5.41) is 1.12. The minimum absolute atomic E-state index is 0.615. The number of piperidine rings is 1. The van der Waals surface area contributed by atoms with Crippen LogP contribution >= 0.6 is 15.9 Å². The molecule has 2 fully saturated rings. The summed E-state index contributed by atoms with van der Waals surface area (Å²) in [4.78, 5) is 12.5. The average molecular weight is 318 g/mol. The smallest absolute Gasteiger partial charge is 0.226 e. The number of fused-ring (bicyclic) bond motifs is 3. The van der Waals surface area contributed by atoms with E-state index in [1.165, 1.54) is 25.7 Å². The van der Waals surface area contributed by atoms with Crippen LogP contribution in [0.4, 0.5) is 5.95 Å². The van der Waals surface area contributed by atoms with Gasteiger partial charge in [-0.1, -0.05) is 34.1 Å². The molecule has 98 valence electrons. The Kier molecular flexibility index (Phi) is 2.72. The summed E-state index contributed by atoms with van der Waals surface area (Å²) >= 11 is 3.78. The van der Waals surface area contributed by atoms with E-state index in [-0.39, 0.29) is 0 Å². The Morgan fingerprint density at radius 1 is 1.11 bits per heavy atom. The quantitative estimate of drug-likeness (QED) is 0.753. The third kappa shape index (κ3) is 1.93. The summed E-state index contributed by atoms with van der Waals surface area (Å²) in [6.45, 7) is 0. The fourth-order valence-electron chi connectivity index (χ4n) is 3.52. The van der Waals surface area contributed by atoms with Gasteiger partial charge in [-0.15, -0.1) is 0 Å². The molecule has 3 nitrogen and oxygen atoms in total. The van der Waals surface area contributed by atoms with Crippen molar-refractivity contribution in [1.29, 1.82) is 0 Å². The molecule has 3 heterocycles. The Bertz CT molecular complexity index is 601. The summed E-state index contributed by atoms with van der Waals surface area (Å²) in [6, 6.07) is 9.44. The largest absolute Gasteiger partial charge is 0.335 e. The van der Waals surface area contributed by atoms with Gasteiger partial charge in [0.15, 0.2) is 0 Å². The number of anilines is 1. The number of halogens is 1. The van der Waals surface area contributed by atoms with Gasteiger partial charge in [-0.2, -0.15) is 0 Å². The molecular formula is C15H16BrN3. The van der Waals surface area contributed by atoms with Gasteiger partial charge in [-0.05, 0) is 31.7 Å². The lowest BCUT2D eigenvalue weighted by molar-refractivity contribution is 0.475. The van der Waals surface area contributed by atoms with Gasteiger partial charge < -0.3 is 4.90 Å². The highest BCUT2D eigenvalue weighted by Gasteiger charge is 2.41. The van der Waals surface area contributed by atoms with E-state index in [1.54, 1.807) is 0 Å². The molecule has 4 heteroatoms. The van der Waals surface area contributed by atoms with E-state index in [0.29, 0.717) is 16.9 Å². The van der Waals surface area contributed by atoms with Crippen LogP contribution in [0.25, 0.3) is 10.9 Å². The van der Waals surface area contributed by atoms with Crippen LogP contribution in [0.2, 0.25) is 0 Å². The zero-order chi connectivity index (χ0) is 12.8. The second kappa shape index (κ2) is 4.44. The van der Waals surface area contributed by atoms with E-state index in [4.69, 9.17) is 4.98 Å². The fourth-order valence-corrected chi connectivity index (χ4v) is 4.39. The monoisotopic (exact) mass is 317 g/mol. The summed E-state index contributed by atoms with van der Waals surface area (Å²) in [7, 11) is 0. The molecule has 2 bridgehead atoms. The third-order valence-corrected chi connectivity index (χ3v) is 5.13. The number of hydrogen-bond acceptors (Lipinski definition) is 3. The maximum atomic E-state index is 4.76. The maximum absolute atomic E-state index is 4.76. The topological polar surface area (TPSA) is 29.0 Å². The Hall–Kier alpha value is -1.16. The van der Waals surface area contributed by atoms with Gasteiger partial charge in [-0.25, -0.2) is 9.97 Å². The number of nitrogens with zero attached hydrogens (tertiary/aromatic N) is 3. The highest BCUT2D eigenvalue weighted by atomic mass is 79.9. The fraction of sp³-hybridized carbons (Fsp3) is 0.467. The van der Waals surface area contributed by atoms with Crippen molar-refractivity contribution < 1.29 is 0 Å². The van der Waals surface area contributed by atoms with Gasteiger partial charge in [0.25, 0.3) is 0 Å². The summed E-state index contributed by atoms with van der Waals surface area (Å²) in [6.07, 6.45) is 6.95. The lowest BCUT2D eigenvalue weighted by Crippen LogP contribution is -2.44. The number of benzene rings is 1. The van der Waals surface area contributed by atoms with E-state index < -0.39 is 0 Å². The van der Waals surface area contributed by atoms with E-state index in [2.05, 4.69) is 37.9 Å². The van der Waals surface area contributed by atoms with E-state index in [1.807, 2.05) is 18.3 Å². The van der Waals surface area contributed by atoms with Crippen LogP contribution in [0.5, 0.6) is 0 Å². The molecule has 2 aromatic rings. The SMILES string of the molecule is BrC1CC2CCC(C1)N2c1ncc2ccccc2n1. The highest BCUT2D eigenvalue weighted by molar-refractivity contribution is 9.09. The van der Waals surface area contributed by atoms with Gasteiger partial charge in [0.2, 0.25) is 5.95 Å². The normalized spacial score (nSPS) is 29.9. The average Bonchev–Trinajstić information content (AvgIpc) is 2.70. The first kappa shape index (κ1) is 11.6. The maximum Gasteiger partial charge on any atom is 0.226 e. The molecule has 0 spiro atoms. The number of aromatic nitrogens is 2. The van der Waals surface area contributed by atoms with Crippen LogP contribution in [-0.4, -0.2) is 26.9 Å². The van der Waals surface area contributed by atoms with Crippen molar-refractivity contribution in [2.75, 3.05) is 4.90 Å². The Morgan fingerprint density at radius 3 is 2.63 bits per heavy atom. The summed E-state index contributed by atoms with van der Waals surface area (Å²) < 4.78 is 0. The second-order valence-corrected chi connectivity index (χ2v) is 6.88. The first-order valence-electron chi connectivity index (χ1n) is 6.95. The molecule has 1 aromatic carbocycles. The molecule has 2 aliphatic heterocycles. The van der Waals surface area contributed by atoms with Gasteiger partial charge in [0.05, 0.1) is 5.52 Å². The number of rotatable bonds is 1. The molecule has 0 saturated carbocycles. The lowest BCUT2D eigenvalue weighted by Gasteiger charge is -2.37. The summed E-state index contributed by atoms with van der Waals surface area (Å²) in [5.74, 6) is 0.922. The van der Waals surface area contributed by atoms with Crippen molar-refractivity contribution >= 4 is 32.8 Å². The van der Waals surface area contributed by atoms with Crippen LogP contribution in [0.1, 0.15) is 25.7 Å². The third-order valence-electron chi connectivity index (χ3n) is 4.38. The van der Waals surface area contributed by atoms with Crippen LogP contribution in [0.15, 0.2) is 30.5 Å². The number of para-hydroxylation sites is 1. The first-order valence-corrected chi connectivity index (χ1v) is 7.87. The number of hydrogen-bond donors (Lipinski definition) is 0. The van der Waals surface area contributed by atoms with Crippen LogP contribution in [0.3, 0.4) is 0 Å². The molecule has 0 N–H and O–H groups in total. The van der Waals surface area contributed by atoms with Crippen LogP contribution in [0, 0.1) is 0 Å². The minimum Gasteiger partial charge on any atom is -0.335 e. The molecule has 0 aliphatic carbocycles. The van der Waals surface area contributed by atoms with Crippen molar-refractivity contribution in [1.82, 2.24) is 9.97 Å². The molecule has 2 atom stereocenters. The van der Waals surface area contributed by atoms with E-state index in [0.717, 1.165) is 16.9 Å². The zero-order valence-corrected chi connectivity index (χ0v) is 12.3. The van der Waals surface area contributed by atoms with Gasteiger partial charge in [-0.3, -0.25) is 0 Å².